The molecule has 102 valence electrons. The fourth-order valence-corrected chi connectivity index (χ4v) is 3.61. The zero-order valence-electron chi connectivity index (χ0n) is 10.8. The predicted octanol–water partition coefficient (Wildman–Crippen LogP) is 1.96. The second-order valence-electron chi connectivity index (χ2n) is 4.25. The van der Waals surface area contributed by atoms with E-state index in [0.29, 0.717) is 29.1 Å². The number of aromatic amines is 1. The molecule has 0 aliphatic carbocycles. The predicted molar refractivity (Wildman–Crippen MR) is 78.9 cm³/mol. The molecule has 5 nitrogen and oxygen atoms in total. The number of nitrogens with zero attached hydrogens (tertiary/aromatic N) is 1. The van der Waals surface area contributed by atoms with Crippen molar-refractivity contribution in [3.8, 4) is 0 Å². The van der Waals surface area contributed by atoms with E-state index in [1.54, 1.807) is 0 Å². The van der Waals surface area contributed by atoms with Crippen LogP contribution in [0.15, 0.2) is 9.95 Å². The van der Waals surface area contributed by atoms with Gasteiger partial charge in [-0.1, -0.05) is 11.8 Å². The second kappa shape index (κ2) is 5.75. The van der Waals surface area contributed by atoms with Crippen molar-refractivity contribution in [1.82, 2.24) is 9.97 Å². The maximum absolute atomic E-state index is 12.0. The Balaban J connectivity index is 2.17. The van der Waals surface area contributed by atoms with Crippen molar-refractivity contribution in [1.29, 1.82) is 0 Å². The molecule has 0 bridgehead atoms. The monoisotopic (exact) mass is 297 g/mol. The van der Waals surface area contributed by atoms with E-state index in [1.165, 1.54) is 23.1 Å². The average Bonchev–Trinajstić information content (AvgIpc) is 2.61. The highest BCUT2D eigenvalue weighted by Crippen LogP contribution is 2.27. The number of aromatic nitrogens is 2. The largest absolute Gasteiger partial charge is 0.370 e. The van der Waals surface area contributed by atoms with Gasteiger partial charge in [-0.15, -0.1) is 11.3 Å². The molecule has 0 aliphatic rings. The SMILES string of the molecule is Cc1sc2nc(SCCCC(N)=O)[nH]c(=O)c2c1C. The number of H-pyrrole nitrogens is 1. The minimum absolute atomic E-state index is 0.0933. The van der Waals surface area contributed by atoms with Crippen LogP contribution in [-0.2, 0) is 4.79 Å². The molecule has 19 heavy (non-hydrogen) atoms. The first-order valence-electron chi connectivity index (χ1n) is 5.90. The fraction of sp³-hybridized carbons (Fsp3) is 0.417. The summed E-state index contributed by atoms with van der Waals surface area (Å²) in [6.45, 7) is 3.92. The third-order valence-electron chi connectivity index (χ3n) is 2.82. The van der Waals surface area contributed by atoms with E-state index < -0.39 is 0 Å². The Hall–Kier alpha value is -1.34. The molecule has 0 aromatic carbocycles. The number of hydrogen-bond acceptors (Lipinski definition) is 5. The standard InChI is InChI=1S/C12H15N3O2S2/c1-6-7(2)19-11-9(6)10(17)14-12(15-11)18-5-3-4-8(13)16/h3-5H2,1-2H3,(H2,13,16)(H,14,15,17). The summed E-state index contributed by atoms with van der Waals surface area (Å²) >= 11 is 2.97. The molecule has 0 saturated heterocycles. The van der Waals surface area contributed by atoms with Crippen LogP contribution in [0.2, 0.25) is 0 Å². The summed E-state index contributed by atoms with van der Waals surface area (Å²) in [6, 6.07) is 0. The van der Waals surface area contributed by atoms with Gasteiger partial charge in [0.05, 0.1) is 5.39 Å². The first kappa shape index (κ1) is 14.1. The summed E-state index contributed by atoms with van der Waals surface area (Å²) in [6.07, 6.45) is 1.04. The smallest absolute Gasteiger partial charge is 0.260 e. The zero-order chi connectivity index (χ0) is 14.0. The van der Waals surface area contributed by atoms with Crippen LogP contribution >= 0.6 is 23.1 Å². The highest BCUT2D eigenvalue weighted by Gasteiger charge is 2.11. The van der Waals surface area contributed by atoms with Crippen molar-refractivity contribution < 1.29 is 4.79 Å². The maximum atomic E-state index is 12.0. The molecule has 2 aromatic rings. The number of nitrogens with one attached hydrogen (secondary N) is 1. The molecule has 2 rings (SSSR count). The van der Waals surface area contributed by atoms with Crippen LogP contribution in [0.25, 0.3) is 10.2 Å². The number of primary amides is 1. The lowest BCUT2D eigenvalue weighted by Gasteiger charge is -2.00. The summed E-state index contributed by atoms with van der Waals surface area (Å²) in [5, 5.41) is 1.28. The summed E-state index contributed by atoms with van der Waals surface area (Å²) in [5.74, 6) is 0.405. The van der Waals surface area contributed by atoms with E-state index >= 15 is 0 Å². The molecule has 0 unspecified atom stereocenters. The molecule has 7 heteroatoms. The van der Waals surface area contributed by atoms with Crippen LogP contribution in [0.3, 0.4) is 0 Å². The summed E-state index contributed by atoms with van der Waals surface area (Å²) in [4.78, 5) is 31.7. The van der Waals surface area contributed by atoms with Gasteiger partial charge in [0.2, 0.25) is 5.91 Å². The lowest BCUT2D eigenvalue weighted by atomic mass is 10.2. The van der Waals surface area contributed by atoms with Gasteiger partial charge in [0.1, 0.15) is 4.83 Å². The molecule has 0 fully saturated rings. The normalized spacial score (nSPS) is 11.1. The summed E-state index contributed by atoms with van der Waals surface area (Å²) in [5.41, 5.74) is 5.98. The van der Waals surface area contributed by atoms with Crippen molar-refractivity contribution in [2.24, 2.45) is 5.73 Å². The van der Waals surface area contributed by atoms with E-state index in [1.807, 2.05) is 13.8 Å². The molecular formula is C12H15N3O2S2. The Morgan fingerprint density at radius 1 is 1.47 bits per heavy atom. The summed E-state index contributed by atoms with van der Waals surface area (Å²) in [7, 11) is 0. The van der Waals surface area contributed by atoms with E-state index in [4.69, 9.17) is 5.73 Å². The first-order chi connectivity index (χ1) is 8.99. The molecule has 0 saturated carbocycles. The number of fused-ring (bicyclic) bond motifs is 1. The molecule has 1 amide bonds. The van der Waals surface area contributed by atoms with Crippen molar-refractivity contribution in [2.75, 3.05) is 5.75 Å². The number of rotatable bonds is 5. The number of thiophene rings is 1. The summed E-state index contributed by atoms with van der Waals surface area (Å²) < 4.78 is 0. The highest BCUT2D eigenvalue weighted by molar-refractivity contribution is 7.99. The number of carbonyl (C=O) groups is 1. The number of aryl methyl sites for hydroxylation is 2. The van der Waals surface area contributed by atoms with Crippen LogP contribution < -0.4 is 11.3 Å². The van der Waals surface area contributed by atoms with Gasteiger partial charge in [0.15, 0.2) is 5.16 Å². The molecule has 3 N–H and O–H groups in total. The maximum Gasteiger partial charge on any atom is 0.260 e. The Kier molecular flexibility index (Phi) is 4.26. The van der Waals surface area contributed by atoms with Crippen LogP contribution in [0.4, 0.5) is 0 Å². The Morgan fingerprint density at radius 3 is 2.89 bits per heavy atom. The highest BCUT2D eigenvalue weighted by atomic mass is 32.2. The number of hydrogen-bond donors (Lipinski definition) is 2. The third-order valence-corrected chi connectivity index (χ3v) is 4.88. The lowest BCUT2D eigenvalue weighted by molar-refractivity contribution is -0.118. The minimum atomic E-state index is -0.304. The van der Waals surface area contributed by atoms with E-state index in [0.717, 1.165) is 15.3 Å². The van der Waals surface area contributed by atoms with Crippen molar-refractivity contribution in [2.45, 2.75) is 31.8 Å². The quantitative estimate of drug-likeness (QED) is 0.501. The molecule has 0 spiro atoms. The zero-order valence-corrected chi connectivity index (χ0v) is 12.4. The van der Waals surface area contributed by atoms with Crippen LogP contribution in [-0.4, -0.2) is 21.6 Å². The second-order valence-corrected chi connectivity index (χ2v) is 6.54. The Morgan fingerprint density at radius 2 is 2.21 bits per heavy atom. The van der Waals surface area contributed by atoms with E-state index in [9.17, 15) is 9.59 Å². The van der Waals surface area contributed by atoms with Crippen molar-refractivity contribution in [3.05, 3.63) is 20.8 Å². The van der Waals surface area contributed by atoms with Crippen LogP contribution in [0.1, 0.15) is 23.3 Å². The van der Waals surface area contributed by atoms with Gasteiger partial charge in [-0.2, -0.15) is 0 Å². The first-order valence-corrected chi connectivity index (χ1v) is 7.70. The molecule has 0 aliphatic heterocycles. The molecule has 2 aromatic heterocycles. The van der Waals surface area contributed by atoms with Gasteiger partial charge < -0.3 is 10.7 Å². The van der Waals surface area contributed by atoms with Gasteiger partial charge >= 0.3 is 0 Å². The van der Waals surface area contributed by atoms with Crippen molar-refractivity contribution in [3.63, 3.8) is 0 Å². The fourth-order valence-electron chi connectivity index (χ4n) is 1.72. The lowest BCUT2D eigenvalue weighted by Crippen LogP contribution is -2.11. The molecular weight excluding hydrogens is 282 g/mol. The third kappa shape index (κ3) is 3.16. The minimum Gasteiger partial charge on any atom is -0.370 e. The number of thioether (sulfide) groups is 1. The number of amides is 1. The van der Waals surface area contributed by atoms with Gasteiger partial charge in [-0.05, 0) is 25.8 Å². The van der Waals surface area contributed by atoms with Gasteiger partial charge in [-0.3, -0.25) is 9.59 Å². The molecule has 2 heterocycles. The van der Waals surface area contributed by atoms with Gasteiger partial charge in [-0.25, -0.2) is 4.98 Å². The number of nitrogens with two attached hydrogens (primary N) is 1. The van der Waals surface area contributed by atoms with Gasteiger partial charge in [0.25, 0.3) is 5.56 Å². The topological polar surface area (TPSA) is 88.8 Å². The average molecular weight is 297 g/mol. The Labute approximate surface area is 118 Å². The van der Waals surface area contributed by atoms with Crippen molar-refractivity contribution >= 4 is 39.2 Å². The van der Waals surface area contributed by atoms with E-state index in [-0.39, 0.29) is 11.5 Å². The van der Waals surface area contributed by atoms with Gasteiger partial charge in [0, 0.05) is 17.1 Å². The molecule has 0 radical (unpaired) electrons. The van der Waals surface area contributed by atoms with Crippen LogP contribution in [0, 0.1) is 13.8 Å². The Bertz CT molecular complexity index is 675. The van der Waals surface area contributed by atoms with E-state index in [2.05, 4.69) is 9.97 Å². The number of carbonyl (C=O) groups excluding carboxylic acids is 1. The van der Waals surface area contributed by atoms with Crippen LogP contribution in [0.5, 0.6) is 0 Å². The molecule has 0 atom stereocenters.